The number of thiocarbonyl (C=S) groups is 1. The van der Waals surface area contributed by atoms with Crippen LogP contribution in [-0.4, -0.2) is 22.7 Å². The van der Waals surface area contributed by atoms with Crippen LogP contribution in [0, 0.1) is 6.92 Å². The van der Waals surface area contributed by atoms with Gasteiger partial charge in [0.1, 0.15) is 5.75 Å². The Balaban J connectivity index is 1.39. The molecule has 3 aromatic carbocycles. The number of anilines is 2. The van der Waals surface area contributed by atoms with Gasteiger partial charge in [0.2, 0.25) is 0 Å². The van der Waals surface area contributed by atoms with Crippen molar-refractivity contribution >= 4 is 69.2 Å². The van der Waals surface area contributed by atoms with Crippen molar-refractivity contribution in [3.05, 3.63) is 93.3 Å². The second-order valence-electron chi connectivity index (χ2n) is 7.94. The molecule has 0 saturated carbocycles. The molecule has 0 radical (unpaired) electrons. The summed E-state index contributed by atoms with van der Waals surface area (Å²) in [6, 6.07) is 16.3. The molecule has 0 spiro atoms. The van der Waals surface area contributed by atoms with E-state index < -0.39 is 17.6 Å². The lowest BCUT2D eigenvalue weighted by molar-refractivity contribution is -0.137. The minimum absolute atomic E-state index is 0.0515. The van der Waals surface area contributed by atoms with Gasteiger partial charge in [-0.1, -0.05) is 59.8 Å². The van der Waals surface area contributed by atoms with Gasteiger partial charge in [-0.05, 0) is 66.6 Å². The molecule has 37 heavy (non-hydrogen) atoms. The number of amides is 2. The number of nitrogens with one attached hydrogen (secondary N) is 1. The van der Waals surface area contributed by atoms with E-state index in [-0.39, 0.29) is 27.4 Å². The molecule has 4 rings (SSSR count). The van der Waals surface area contributed by atoms with Crippen molar-refractivity contribution in [2.75, 3.05) is 16.8 Å². The first-order valence-electron chi connectivity index (χ1n) is 10.8. The third-order valence-corrected chi connectivity index (χ3v) is 6.94. The zero-order valence-corrected chi connectivity index (χ0v) is 21.5. The fraction of sp³-hybridized carbons (Fsp3) is 0.115. The Morgan fingerprint density at radius 2 is 1.86 bits per heavy atom. The summed E-state index contributed by atoms with van der Waals surface area (Å²) in [5, 5.41) is 3.24. The molecule has 3 aromatic rings. The molecule has 2 amide bonds. The van der Waals surface area contributed by atoms with Crippen LogP contribution in [0.3, 0.4) is 0 Å². The maximum absolute atomic E-state index is 13.1. The van der Waals surface area contributed by atoms with Crippen LogP contribution in [0.1, 0.15) is 16.7 Å². The second-order valence-corrected chi connectivity index (χ2v) is 10.0. The molecule has 5 nitrogen and oxygen atoms in total. The van der Waals surface area contributed by atoms with Crippen LogP contribution in [0.25, 0.3) is 6.08 Å². The zero-order valence-electron chi connectivity index (χ0n) is 19.1. The van der Waals surface area contributed by atoms with Gasteiger partial charge < -0.3 is 10.1 Å². The number of benzene rings is 3. The lowest BCUT2D eigenvalue weighted by Gasteiger charge is -2.16. The standard InChI is InChI=1S/C26H18ClF3N2O3S2/c1-15-5-8-18(13-21(15)27)31-23(33)14-35-20-9-6-16(7-10-20)11-22-24(34)32(25(36)37-22)19-4-2-3-17(12-19)26(28,29)30/h2-13H,14H2,1H3,(H,31,33)/b22-11-. The summed E-state index contributed by atoms with van der Waals surface area (Å²) in [6.07, 6.45) is -2.95. The van der Waals surface area contributed by atoms with Gasteiger partial charge >= 0.3 is 6.18 Å². The van der Waals surface area contributed by atoms with E-state index in [0.29, 0.717) is 22.0 Å². The van der Waals surface area contributed by atoms with E-state index in [2.05, 4.69) is 5.32 Å². The highest BCUT2D eigenvalue weighted by atomic mass is 35.5. The first kappa shape index (κ1) is 26.7. The number of hydrogen-bond acceptors (Lipinski definition) is 5. The van der Waals surface area contributed by atoms with Crippen molar-refractivity contribution in [2.45, 2.75) is 13.1 Å². The topological polar surface area (TPSA) is 58.6 Å². The van der Waals surface area contributed by atoms with Gasteiger partial charge in [0.15, 0.2) is 10.9 Å². The van der Waals surface area contributed by atoms with E-state index in [1.165, 1.54) is 12.1 Å². The molecule has 1 N–H and O–H groups in total. The molecule has 190 valence electrons. The number of rotatable bonds is 6. The number of halogens is 4. The summed E-state index contributed by atoms with van der Waals surface area (Å²) in [5.74, 6) is -0.435. The molecule has 0 atom stereocenters. The van der Waals surface area contributed by atoms with E-state index in [9.17, 15) is 22.8 Å². The molecule has 0 bridgehead atoms. The fourth-order valence-electron chi connectivity index (χ4n) is 3.34. The quantitative estimate of drug-likeness (QED) is 0.257. The molecule has 0 aliphatic carbocycles. The average Bonchev–Trinajstić information content (AvgIpc) is 3.13. The largest absolute Gasteiger partial charge is 0.484 e. The highest BCUT2D eigenvalue weighted by Gasteiger charge is 2.36. The Labute approximate surface area is 225 Å². The maximum atomic E-state index is 13.1. The summed E-state index contributed by atoms with van der Waals surface area (Å²) in [5.41, 5.74) is 1.29. The van der Waals surface area contributed by atoms with Gasteiger partial charge in [0, 0.05) is 10.7 Å². The number of carbonyl (C=O) groups excluding carboxylic acids is 2. The number of alkyl halides is 3. The number of thioether (sulfide) groups is 1. The van der Waals surface area contributed by atoms with E-state index in [1.807, 2.05) is 6.92 Å². The molecule has 11 heteroatoms. The molecule has 1 saturated heterocycles. The summed E-state index contributed by atoms with van der Waals surface area (Å²) < 4.78 is 44.9. The highest BCUT2D eigenvalue weighted by Crippen LogP contribution is 2.38. The van der Waals surface area contributed by atoms with Crippen LogP contribution in [-0.2, 0) is 15.8 Å². The van der Waals surface area contributed by atoms with Crippen LogP contribution >= 0.6 is 35.6 Å². The molecule has 1 heterocycles. The van der Waals surface area contributed by atoms with Crippen molar-refractivity contribution in [1.82, 2.24) is 0 Å². The van der Waals surface area contributed by atoms with Crippen molar-refractivity contribution in [3.8, 4) is 5.75 Å². The third kappa shape index (κ3) is 6.51. The highest BCUT2D eigenvalue weighted by molar-refractivity contribution is 8.27. The Morgan fingerprint density at radius 1 is 1.14 bits per heavy atom. The van der Waals surface area contributed by atoms with Crippen molar-refractivity contribution < 1.29 is 27.5 Å². The van der Waals surface area contributed by atoms with Gasteiger partial charge in [-0.15, -0.1) is 0 Å². The summed E-state index contributed by atoms with van der Waals surface area (Å²) in [7, 11) is 0. The Kier molecular flexibility index (Phi) is 7.91. The Bertz CT molecular complexity index is 1410. The first-order valence-corrected chi connectivity index (χ1v) is 12.4. The van der Waals surface area contributed by atoms with Gasteiger partial charge in [-0.2, -0.15) is 13.2 Å². The SMILES string of the molecule is Cc1ccc(NC(=O)COc2ccc(/C=C3\SC(=S)N(c4cccc(C(F)(F)F)c4)C3=O)cc2)cc1Cl. The van der Waals surface area contributed by atoms with E-state index in [0.717, 1.165) is 34.4 Å². The van der Waals surface area contributed by atoms with Crippen LogP contribution in [0.2, 0.25) is 5.02 Å². The lowest BCUT2D eigenvalue weighted by atomic mass is 10.1. The predicted octanol–water partition coefficient (Wildman–Crippen LogP) is 7.09. The monoisotopic (exact) mass is 562 g/mol. The molecule has 0 unspecified atom stereocenters. The van der Waals surface area contributed by atoms with Crippen molar-refractivity contribution in [1.29, 1.82) is 0 Å². The lowest BCUT2D eigenvalue weighted by Crippen LogP contribution is -2.27. The minimum atomic E-state index is -4.54. The van der Waals surface area contributed by atoms with Gasteiger partial charge in [0.05, 0.1) is 16.2 Å². The molecular formula is C26H18ClF3N2O3S2. The number of nitrogens with zero attached hydrogens (tertiary/aromatic N) is 1. The number of hydrogen-bond donors (Lipinski definition) is 1. The number of carbonyl (C=O) groups is 2. The third-order valence-electron chi connectivity index (χ3n) is 5.23. The van der Waals surface area contributed by atoms with Gasteiger partial charge in [0.25, 0.3) is 11.8 Å². The van der Waals surface area contributed by atoms with Crippen LogP contribution < -0.4 is 15.0 Å². The molecule has 0 aromatic heterocycles. The van der Waals surface area contributed by atoms with E-state index in [4.69, 9.17) is 28.6 Å². The Hall–Kier alpha value is -3.34. The summed E-state index contributed by atoms with van der Waals surface area (Å²) in [6.45, 7) is 1.64. The van der Waals surface area contributed by atoms with Gasteiger partial charge in [-0.25, -0.2) is 0 Å². The molecule has 1 aliphatic rings. The normalized spacial score (nSPS) is 14.8. The van der Waals surface area contributed by atoms with E-state index >= 15 is 0 Å². The fourth-order valence-corrected chi connectivity index (χ4v) is 4.82. The number of aryl methyl sites for hydroxylation is 1. The van der Waals surface area contributed by atoms with Crippen LogP contribution in [0.4, 0.5) is 24.5 Å². The Morgan fingerprint density at radius 3 is 2.54 bits per heavy atom. The zero-order chi connectivity index (χ0) is 26.7. The first-order chi connectivity index (χ1) is 17.5. The molecule has 1 aliphatic heterocycles. The summed E-state index contributed by atoms with van der Waals surface area (Å²) >= 11 is 12.3. The summed E-state index contributed by atoms with van der Waals surface area (Å²) in [4.78, 5) is 26.4. The molecule has 1 fully saturated rings. The van der Waals surface area contributed by atoms with Crippen LogP contribution in [0.5, 0.6) is 5.75 Å². The van der Waals surface area contributed by atoms with Crippen LogP contribution in [0.15, 0.2) is 71.6 Å². The maximum Gasteiger partial charge on any atom is 0.416 e. The van der Waals surface area contributed by atoms with E-state index in [1.54, 1.807) is 48.5 Å². The average molecular weight is 563 g/mol. The predicted molar refractivity (Wildman–Crippen MR) is 144 cm³/mol. The smallest absolute Gasteiger partial charge is 0.416 e. The van der Waals surface area contributed by atoms with Crippen molar-refractivity contribution in [3.63, 3.8) is 0 Å². The minimum Gasteiger partial charge on any atom is -0.484 e. The van der Waals surface area contributed by atoms with Gasteiger partial charge in [-0.3, -0.25) is 14.5 Å². The van der Waals surface area contributed by atoms with Crippen molar-refractivity contribution in [2.24, 2.45) is 0 Å². The second kappa shape index (κ2) is 11.0. The number of ether oxygens (including phenoxy) is 1. The molecular weight excluding hydrogens is 545 g/mol.